The summed E-state index contributed by atoms with van der Waals surface area (Å²) in [6.45, 7) is 0.206. The molecule has 0 spiro atoms. The Balaban J connectivity index is 1.81. The second-order valence-corrected chi connectivity index (χ2v) is 8.39. The number of ketones is 1. The molecule has 6 nitrogen and oxygen atoms in total. The molecule has 1 fully saturated rings. The predicted octanol–water partition coefficient (Wildman–Crippen LogP) is 5.09. The second kappa shape index (κ2) is 9.50. The first-order valence-corrected chi connectivity index (χ1v) is 11.0. The molecule has 168 valence electrons. The van der Waals surface area contributed by atoms with Crippen LogP contribution in [0, 0.1) is 0 Å². The molecule has 1 aliphatic rings. The molecule has 4 rings (SSSR count). The van der Waals surface area contributed by atoms with E-state index in [1.54, 1.807) is 44.6 Å². The summed E-state index contributed by atoms with van der Waals surface area (Å²) in [5, 5.41) is 11.2. The molecule has 0 radical (unpaired) electrons. The van der Waals surface area contributed by atoms with Crippen LogP contribution in [0.4, 0.5) is 0 Å². The molecular formula is C26H22BrNO5. The maximum absolute atomic E-state index is 13.1. The Morgan fingerprint density at radius 2 is 1.67 bits per heavy atom. The van der Waals surface area contributed by atoms with E-state index in [4.69, 9.17) is 9.47 Å². The van der Waals surface area contributed by atoms with Crippen molar-refractivity contribution >= 4 is 33.4 Å². The standard InChI is InChI=1S/C26H22BrNO5/c1-32-19-11-8-16(9-12-19)15-28-23(17-6-4-3-5-7-17)22(25(30)26(28)31)24(29)18-10-13-21(33-2)20(27)14-18/h3-14,23,29H,15H2,1-2H3/b24-22-. The van der Waals surface area contributed by atoms with Gasteiger partial charge >= 0.3 is 0 Å². The molecule has 33 heavy (non-hydrogen) atoms. The Labute approximate surface area is 200 Å². The molecule has 0 bridgehead atoms. The Bertz CT molecular complexity index is 1220. The number of carbonyl (C=O) groups excluding carboxylic acids is 2. The number of amides is 1. The van der Waals surface area contributed by atoms with Crippen LogP contribution in [0.25, 0.3) is 5.76 Å². The third-order valence-corrected chi connectivity index (χ3v) is 6.21. The highest BCUT2D eigenvalue weighted by atomic mass is 79.9. The quantitative estimate of drug-likeness (QED) is 0.285. The minimum atomic E-state index is -0.728. The molecule has 1 unspecified atom stereocenters. The van der Waals surface area contributed by atoms with Gasteiger partial charge < -0.3 is 19.5 Å². The first-order valence-electron chi connectivity index (χ1n) is 10.2. The highest BCUT2D eigenvalue weighted by Gasteiger charge is 2.46. The summed E-state index contributed by atoms with van der Waals surface area (Å²) in [7, 11) is 3.13. The predicted molar refractivity (Wildman–Crippen MR) is 128 cm³/mol. The van der Waals surface area contributed by atoms with Crippen molar-refractivity contribution in [1.29, 1.82) is 0 Å². The third kappa shape index (κ3) is 4.36. The molecule has 1 amide bonds. The largest absolute Gasteiger partial charge is 0.507 e. The van der Waals surface area contributed by atoms with E-state index in [9.17, 15) is 14.7 Å². The zero-order valence-corrected chi connectivity index (χ0v) is 19.7. The maximum atomic E-state index is 13.1. The highest BCUT2D eigenvalue weighted by molar-refractivity contribution is 9.10. The number of nitrogens with zero attached hydrogens (tertiary/aromatic N) is 1. The summed E-state index contributed by atoms with van der Waals surface area (Å²) in [5.74, 6) is -0.324. The lowest BCUT2D eigenvalue weighted by Gasteiger charge is -2.25. The molecule has 1 heterocycles. The van der Waals surface area contributed by atoms with E-state index in [1.807, 2.05) is 42.5 Å². The third-order valence-electron chi connectivity index (χ3n) is 5.59. The summed E-state index contributed by atoms with van der Waals surface area (Å²) in [6, 6.07) is 20.8. The fraction of sp³-hybridized carbons (Fsp3) is 0.154. The monoisotopic (exact) mass is 507 g/mol. The van der Waals surface area contributed by atoms with E-state index in [0.717, 1.165) is 11.1 Å². The summed E-state index contributed by atoms with van der Waals surface area (Å²) in [6.07, 6.45) is 0. The van der Waals surface area contributed by atoms with E-state index in [0.29, 0.717) is 21.5 Å². The van der Waals surface area contributed by atoms with Crippen molar-refractivity contribution in [3.8, 4) is 11.5 Å². The van der Waals surface area contributed by atoms with Crippen LogP contribution in [0.2, 0.25) is 0 Å². The second-order valence-electron chi connectivity index (χ2n) is 7.54. The summed E-state index contributed by atoms with van der Waals surface area (Å²) >= 11 is 3.41. The van der Waals surface area contributed by atoms with Crippen LogP contribution in [0.15, 0.2) is 82.8 Å². The van der Waals surface area contributed by atoms with Crippen LogP contribution in [-0.4, -0.2) is 35.9 Å². The van der Waals surface area contributed by atoms with E-state index >= 15 is 0 Å². The first kappa shape index (κ1) is 22.6. The number of ether oxygens (including phenoxy) is 2. The number of hydrogen-bond acceptors (Lipinski definition) is 5. The van der Waals surface area contributed by atoms with Gasteiger partial charge in [-0.2, -0.15) is 0 Å². The average Bonchev–Trinajstić information content (AvgIpc) is 3.09. The van der Waals surface area contributed by atoms with Crippen molar-refractivity contribution in [1.82, 2.24) is 4.90 Å². The van der Waals surface area contributed by atoms with Crippen LogP contribution < -0.4 is 9.47 Å². The summed E-state index contributed by atoms with van der Waals surface area (Å²) in [4.78, 5) is 27.7. The fourth-order valence-corrected chi connectivity index (χ4v) is 4.46. The van der Waals surface area contributed by atoms with Gasteiger partial charge in [0.25, 0.3) is 11.7 Å². The van der Waals surface area contributed by atoms with E-state index < -0.39 is 17.7 Å². The molecular weight excluding hydrogens is 486 g/mol. The van der Waals surface area contributed by atoms with Gasteiger partial charge in [-0.25, -0.2) is 0 Å². The van der Waals surface area contributed by atoms with Gasteiger partial charge in [-0.3, -0.25) is 9.59 Å². The number of hydrogen-bond donors (Lipinski definition) is 1. The number of rotatable bonds is 6. The molecule has 7 heteroatoms. The fourth-order valence-electron chi connectivity index (χ4n) is 3.92. The van der Waals surface area contributed by atoms with Gasteiger partial charge in [-0.1, -0.05) is 42.5 Å². The average molecular weight is 508 g/mol. The number of Topliss-reactive ketones (excluding diaryl/α,β-unsaturated/α-hetero) is 1. The van der Waals surface area contributed by atoms with Crippen molar-refractivity contribution in [2.75, 3.05) is 14.2 Å². The molecule has 0 aromatic heterocycles. The summed E-state index contributed by atoms with van der Waals surface area (Å²) in [5.41, 5.74) is 2.04. The minimum absolute atomic E-state index is 0.0526. The van der Waals surface area contributed by atoms with Crippen molar-refractivity contribution in [2.24, 2.45) is 0 Å². The van der Waals surface area contributed by atoms with Gasteiger partial charge in [0.05, 0.1) is 30.3 Å². The number of likely N-dealkylation sites (tertiary alicyclic amines) is 1. The van der Waals surface area contributed by atoms with E-state index in [1.165, 1.54) is 4.90 Å². The van der Waals surface area contributed by atoms with Gasteiger partial charge in [-0.05, 0) is 57.4 Å². The Kier molecular flexibility index (Phi) is 6.51. The normalized spacial score (nSPS) is 17.3. The van der Waals surface area contributed by atoms with E-state index in [2.05, 4.69) is 15.9 Å². The van der Waals surface area contributed by atoms with Gasteiger partial charge in [-0.15, -0.1) is 0 Å². The van der Waals surface area contributed by atoms with Crippen molar-refractivity contribution in [3.05, 3.63) is 99.5 Å². The number of aliphatic hydroxyl groups excluding tert-OH is 1. The molecule has 1 N–H and O–H groups in total. The molecule has 1 atom stereocenters. The number of methoxy groups -OCH3 is 2. The zero-order chi connectivity index (χ0) is 23.5. The SMILES string of the molecule is COc1ccc(CN2C(=O)C(=O)/C(=C(\O)c3ccc(OC)c(Br)c3)C2c2ccccc2)cc1. The topological polar surface area (TPSA) is 76.1 Å². The number of aliphatic hydroxyl groups is 1. The molecule has 3 aromatic rings. The van der Waals surface area contributed by atoms with Crippen molar-refractivity contribution in [3.63, 3.8) is 0 Å². The number of benzene rings is 3. The number of halogens is 1. The van der Waals surface area contributed by atoms with Crippen LogP contribution in [-0.2, 0) is 16.1 Å². The first-order chi connectivity index (χ1) is 15.9. The summed E-state index contributed by atoms with van der Waals surface area (Å²) < 4.78 is 11.1. The highest BCUT2D eigenvalue weighted by Crippen LogP contribution is 2.41. The maximum Gasteiger partial charge on any atom is 0.295 e. The van der Waals surface area contributed by atoms with Crippen molar-refractivity contribution in [2.45, 2.75) is 12.6 Å². The smallest absolute Gasteiger partial charge is 0.295 e. The van der Waals surface area contributed by atoms with Crippen LogP contribution >= 0.6 is 15.9 Å². The molecule has 1 saturated heterocycles. The zero-order valence-electron chi connectivity index (χ0n) is 18.1. The van der Waals surface area contributed by atoms with Gasteiger partial charge in [0.2, 0.25) is 0 Å². The van der Waals surface area contributed by atoms with Gasteiger partial charge in [0, 0.05) is 12.1 Å². The molecule has 0 saturated carbocycles. The van der Waals surface area contributed by atoms with Crippen LogP contribution in [0.1, 0.15) is 22.7 Å². The van der Waals surface area contributed by atoms with Crippen LogP contribution in [0.3, 0.4) is 0 Å². The Hall–Kier alpha value is -3.58. The Morgan fingerprint density at radius 1 is 0.970 bits per heavy atom. The van der Waals surface area contributed by atoms with E-state index in [-0.39, 0.29) is 17.9 Å². The van der Waals surface area contributed by atoms with Crippen LogP contribution in [0.5, 0.6) is 11.5 Å². The van der Waals surface area contributed by atoms with Crippen molar-refractivity contribution < 1.29 is 24.2 Å². The molecule has 3 aromatic carbocycles. The lowest BCUT2D eigenvalue weighted by Crippen LogP contribution is -2.29. The minimum Gasteiger partial charge on any atom is -0.507 e. The van der Waals surface area contributed by atoms with Gasteiger partial charge in [0.1, 0.15) is 17.3 Å². The van der Waals surface area contributed by atoms with Gasteiger partial charge in [0.15, 0.2) is 0 Å². The molecule has 0 aliphatic carbocycles. The lowest BCUT2D eigenvalue weighted by atomic mass is 9.95. The lowest BCUT2D eigenvalue weighted by molar-refractivity contribution is -0.140. The number of carbonyl (C=O) groups is 2. The molecule has 1 aliphatic heterocycles. The Morgan fingerprint density at radius 3 is 2.27 bits per heavy atom.